The maximum Gasteiger partial charge on any atom is 0.338 e. The number of ether oxygens (including phenoxy) is 1. The smallest absolute Gasteiger partial charge is 0.338 e. The van der Waals surface area contributed by atoms with Crippen molar-refractivity contribution in [1.82, 2.24) is 5.32 Å². The van der Waals surface area contributed by atoms with Gasteiger partial charge in [0.2, 0.25) is 0 Å². The maximum atomic E-state index is 11.5. The van der Waals surface area contributed by atoms with Gasteiger partial charge in [0.25, 0.3) is 0 Å². The molecule has 0 unspecified atom stereocenters. The number of nitrogens with one attached hydrogen (secondary N) is 1. The minimum absolute atomic E-state index is 0.0891. The summed E-state index contributed by atoms with van der Waals surface area (Å²) >= 11 is 0. The highest BCUT2D eigenvalue weighted by molar-refractivity contribution is 5.89. The zero-order valence-corrected chi connectivity index (χ0v) is 9.40. The molecule has 4 heteroatoms. The van der Waals surface area contributed by atoms with E-state index in [1.807, 2.05) is 19.1 Å². The SMILES string of the molecule is Cc1cccc(C(=O)OCCNCCO)c1. The van der Waals surface area contributed by atoms with E-state index in [1.165, 1.54) is 0 Å². The molecule has 2 N–H and O–H groups in total. The van der Waals surface area contributed by atoms with Crippen LogP contribution < -0.4 is 5.32 Å². The molecule has 88 valence electrons. The van der Waals surface area contributed by atoms with Crippen LogP contribution in [0.5, 0.6) is 0 Å². The Morgan fingerprint density at radius 1 is 1.44 bits per heavy atom. The Balaban J connectivity index is 2.30. The lowest BCUT2D eigenvalue weighted by molar-refractivity contribution is 0.0508. The lowest BCUT2D eigenvalue weighted by Gasteiger charge is -2.05. The van der Waals surface area contributed by atoms with E-state index >= 15 is 0 Å². The van der Waals surface area contributed by atoms with Gasteiger partial charge in [0.15, 0.2) is 0 Å². The lowest BCUT2D eigenvalue weighted by Crippen LogP contribution is -2.24. The van der Waals surface area contributed by atoms with Crippen molar-refractivity contribution in [3.63, 3.8) is 0 Å². The molecule has 0 heterocycles. The third kappa shape index (κ3) is 4.42. The van der Waals surface area contributed by atoms with Crippen molar-refractivity contribution < 1.29 is 14.6 Å². The topological polar surface area (TPSA) is 58.6 Å². The molecule has 0 aliphatic heterocycles. The van der Waals surface area contributed by atoms with Crippen LogP contribution in [-0.2, 0) is 4.74 Å². The first-order valence-corrected chi connectivity index (χ1v) is 5.29. The fourth-order valence-electron chi connectivity index (χ4n) is 1.28. The van der Waals surface area contributed by atoms with E-state index < -0.39 is 0 Å². The monoisotopic (exact) mass is 223 g/mol. The molecule has 0 aliphatic carbocycles. The van der Waals surface area contributed by atoms with Crippen molar-refractivity contribution in [2.45, 2.75) is 6.92 Å². The number of benzene rings is 1. The molecule has 4 nitrogen and oxygen atoms in total. The molecule has 0 fully saturated rings. The van der Waals surface area contributed by atoms with Gasteiger partial charge in [-0.3, -0.25) is 0 Å². The predicted molar refractivity (Wildman–Crippen MR) is 61.4 cm³/mol. The van der Waals surface area contributed by atoms with Gasteiger partial charge in [-0.15, -0.1) is 0 Å². The molecule has 0 spiro atoms. The van der Waals surface area contributed by atoms with Gasteiger partial charge in [-0.2, -0.15) is 0 Å². The van der Waals surface area contributed by atoms with Gasteiger partial charge in [-0.05, 0) is 19.1 Å². The van der Waals surface area contributed by atoms with Crippen LogP contribution in [0.2, 0.25) is 0 Å². The summed E-state index contributed by atoms with van der Waals surface area (Å²) in [6, 6.07) is 7.29. The number of carbonyl (C=O) groups excluding carboxylic acids is 1. The number of hydrogen-bond donors (Lipinski definition) is 2. The van der Waals surface area contributed by atoms with Crippen LogP contribution in [0.4, 0.5) is 0 Å². The summed E-state index contributed by atoms with van der Waals surface area (Å²) in [7, 11) is 0. The van der Waals surface area contributed by atoms with Crippen LogP contribution in [0.15, 0.2) is 24.3 Å². The van der Waals surface area contributed by atoms with E-state index in [9.17, 15) is 4.79 Å². The molecule has 1 rings (SSSR count). The zero-order valence-electron chi connectivity index (χ0n) is 9.40. The van der Waals surface area contributed by atoms with Crippen LogP contribution in [-0.4, -0.2) is 37.4 Å². The molecular formula is C12H17NO3. The lowest BCUT2D eigenvalue weighted by atomic mass is 10.1. The highest BCUT2D eigenvalue weighted by Crippen LogP contribution is 2.05. The summed E-state index contributed by atoms with van der Waals surface area (Å²) in [5.41, 5.74) is 1.61. The normalized spacial score (nSPS) is 10.1. The summed E-state index contributed by atoms with van der Waals surface area (Å²) in [6.45, 7) is 3.40. The number of hydrogen-bond acceptors (Lipinski definition) is 4. The summed E-state index contributed by atoms with van der Waals surface area (Å²) in [4.78, 5) is 11.5. The molecule has 0 bridgehead atoms. The Hall–Kier alpha value is -1.39. The largest absolute Gasteiger partial charge is 0.461 e. The molecular weight excluding hydrogens is 206 g/mol. The molecule has 0 saturated heterocycles. The van der Waals surface area contributed by atoms with Crippen molar-refractivity contribution in [3.05, 3.63) is 35.4 Å². The molecule has 0 aliphatic rings. The summed E-state index contributed by atoms with van der Waals surface area (Å²) in [6.07, 6.45) is 0. The Kier molecular flexibility index (Phi) is 5.53. The number of aliphatic hydroxyl groups excluding tert-OH is 1. The molecule has 16 heavy (non-hydrogen) atoms. The van der Waals surface area contributed by atoms with Gasteiger partial charge in [0.05, 0.1) is 12.2 Å². The minimum Gasteiger partial charge on any atom is -0.461 e. The van der Waals surface area contributed by atoms with E-state index in [1.54, 1.807) is 12.1 Å². The Morgan fingerprint density at radius 2 is 2.25 bits per heavy atom. The Morgan fingerprint density at radius 3 is 2.94 bits per heavy atom. The predicted octanol–water partition coefficient (Wildman–Crippen LogP) is 0.734. The quantitative estimate of drug-likeness (QED) is 0.551. The summed E-state index contributed by atoms with van der Waals surface area (Å²) in [5, 5.41) is 11.4. The highest BCUT2D eigenvalue weighted by Gasteiger charge is 2.05. The first-order valence-electron chi connectivity index (χ1n) is 5.29. The zero-order chi connectivity index (χ0) is 11.8. The van der Waals surface area contributed by atoms with Crippen molar-refractivity contribution in [2.24, 2.45) is 0 Å². The van der Waals surface area contributed by atoms with E-state index in [-0.39, 0.29) is 12.6 Å². The van der Waals surface area contributed by atoms with Crippen LogP contribution in [0.3, 0.4) is 0 Å². The van der Waals surface area contributed by atoms with Crippen LogP contribution in [0.1, 0.15) is 15.9 Å². The second kappa shape index (κ2) is 6.98. The van der Waals surface area contributed by atoms with Gasteiger partial charge in [-0.25, -0.2) is 4.79 Å². The average Bonchev–Trinajstić information content (AvgIpc) is 2.28. The molecule has 0 atom stereocenters. The number of rotatable bonds is 6. The maximum absolute atomic E-state index is 11.5. The second-order valence-electron chi connectivity index (χ2n) is 3.48. The molecule has 1 aromatic rings. The van der Waals surface area contributed by atoms with E-state index in [4.69, 9.17) is 9.84 Å². The fourth-order valence-corrected chi connectivity index (χ4v) is 1.28. The Labute approximate surface area is 95.2 Å². The van der Waals surface area contributed by atoms with Crippen LogP contribution in [0.25, 0.3) is 0 Å². The third-order valence-electron chi connectivity index (χ3n) is 2.05. The second-order valence-corrected chi connectivity index (χ2v) is 3.48. The molecule has 0 saturated carbocycles. The summed E-state index contributed by atoms with van der Waals surface area (Å²) in [5.74, 6) is -0.311. The number of aryl methyl sites for hydroxylation is 1. The Bertz CT molecular complexity index is 339. The van der Waals surface area contributed by atoms with Crippen LogP contribution >= 0.6 is 0 Å². The number of carbonyl (C=O) groups is 1. The van der Waals surface area contributed by atoms with Gasteiger partial charge in [0, 0.05) is 13.1 Å². The standard InChI is InChI=1S/C12H17NO3/c1-10-3-2-4-11(9-10)12(15)16-8-6-13-5-7-14/h2-4,9,13-14H,5-8H2,1H3. The van der Waals surface area contributed by atoms with Gasteiger partial charge >= 0.3 is 5.97 Å². The first kappa shape index (κ1) is 12.7. The van der Waals surface area contributed by atoms with Gasteiger partial charge in [-0.1, -0.05) is 17.7 Å². The van der Waals surface area contributed by atoms with Crippen molar-refractivity contribution in [1.29, 1.82) is 0 Å². The molecule has 1 aromatic carbocycles. The van der Waals surface area contributed by atoms with Crippen molar-refractivity contribution in [3.8, 4) is 0 Å². The molecule has 0 amide bonds. The fraction of sp³-hybridized carbons (Fsp3) is 0.417. The van der Waals surface area contributed by atoms with E-state index in [0.29, 0.717) is 25.3 Å². The van der Waals surface area contributed by atoms with Crippen molar-refractivity contribution in [2.75, 3.05) is 26.3 Å². The van der Waals surface area contributed by atoms with Crippen molar-refractivity contribution >= 4 is 5.97 Å². The average molecular weight is 223 g/mol. The van der Waals surface area contributed by atoms with Crippen LogP contribution in [0, 0.1) is 6.92 Å². The molecule has 0 aromatic heterocycles. The van der Waals surface area contributed by atoms with E-state index in [0.717, 1.165) is 5.56 Å². The number of esters is 1. The van der Waals surface area contributed by atoms with Gasteiger partial charge < -0.3 is 15.2 Å². The van der Waals surface area contributed by atoms with Gasteiger partial charge in [0.1, 0.15) is 6.61 Å². The minimum atomic E-state index is -0.311. The summed E-state index contributed by atoms with van der Waals surface area (Å²) < 4.78 is 5.05. The van der Waals surface area contributed by atoms with E-state index in [2.05, 4.69) is 5.32 Å². The number of aliphatic hydroxyl groups is 1. The first-order chi connectivity index (χ1) is 7.74. The third-order valence-corrected chi connectivity index (χ3v) is 2.05. The highest BCUT2D eigenvalue weighted by atomic mass is 16.5. The molecule has 0 radical (unpaired) electrons.